The molecule has 1 aromatic heterocycles. The lowest BCUT2D eigenvalue weighted by molar-refractivity contribution is 0.102. The van der Waals surface area contributed by atoms with Crippen LogP contribution < -0.4 is 20.1 Å². The number of pyridine rings is 1. The van der Waals surface area contributed by atoms with Crippen LogP contribution in [0.5, 0.6) is 11.5 Å². The highest BCUT2D eigenvalue weighted by atomic mass is 16.7. The molecule has 0 spiro atoms. The number of amides is 1. The molecule has 1 aliphatic rings. The summed E-state index contributed by atoms with van der Waals surface area (Å²) in [6.45, 7) is 2.27. The zero-order valence-corrected chi connectivity index (χ0v) is 17.0. The molecular weight excluding hydrogens is 390 g/mol. The van der Waals surface area contributed by atoms with Gasteiger partial charge in [0.15, 0.2) is 11.5 Å². The number of fused-ring (bicyclic) bond motifs is 2. The zero-order chi connectivity index (χ0) is 21.2. The Labute approximate surface area is 179 Å². The molecule has 0 saturated carbocycles. The largest absolute Gasteiger partial charge is 0.454 e. The molecule has 1 unspecified atom stereocenters. The van der Waals surface area contributed by atoms with Gasteiger partial charge in [-0.2, -0.15) is 0 Å². The Morgan fingerprint density at radius 3 is 2.77 bits per heavy atom. The van der Waals surface area contributed by atoms with E-state index in [0.29, 0.717) is 17.1 Å². The van der Waals surface area contributed by atoms with Crippen molar-refractivity contribution in [2.75, 3.05) is 17.4 Å². The molecule has 0 fully saturated rings. The van der Waals surface area contributed by atoms with Gasteiger partial charge >= 0.3 is 0 Å². The summed E-state index contributed by atoms with van der Waals surface area (Å²) in [4.78, 5) is 17.1. The van der Waals surface area contributed by atoms with Crippen LogP contribution in [0.2, 0.25) is 0 Å². The van der Waals surface area contributed by atoms with Crippen molar-refractivity contribution in [3.05, 3.63) is 90.1 Å². The predicted molar refractivity (Wildman–Crippen MR) is 121 cm³/mol. The molecule has 0 bridgehead atoms. The third-order valence-corrected chi connectivity index (χ3v) is 5.30. The number of ether oxygens (including phenoxy) is 2. The standard InChI is InChI=1S/C25H21N3O3/c1-16(27-22-11-12-26-21-8-3-2-7-20(21)22)17-5-4-6-19(13-17)28-25(29)18-9-10-23-24(14-18)31-15-30-23/h2-14,16H,15H2,1H3,(H,26,27)(H,28,29). The molecular formula is C25H21N3O3. The first kappa shape index (κ1) is 18.9. The second-order valence-electron chi connectivity index (χ2n) is 7.39. The maximum Gasteiger partial charge on any atom is 0.255 e. The van der Waals surface area contributed by atoms with Gasteiger partial charge in [0.1, 0.15) is 0 Å². The lowest BCUT2D eigenvalue weighted by Gasteiger charge is -2.18. The average Bonchev–Trinajstić information content (AvgIpc) is 3.27. The van der Waals surface area contributed by atoms with Crippen molar-refractivity contribution in [1.82, 2.24) is 4.98 Å². The van der Waals surface area contributed by atoms with Gasteiger partial charge in [-0.15, -0.1) is 0 Å². The van der Waals surface area contributed by atoms with E-state index in [9.17, 15) is 4.79 Å². The SMILES string of the molecule is CC(Nc1ccnc2ccccc12)c1cccc(NC(=O)c2ccc3c(c2)OCO3)c1. The summed E-state index contributed by atoms with van der Waals surface area (Å²) in [5, 5.41) is 7.60. The highest BCUT2D eigenvalue weighted by molar-refractivity contribution is 6.04. The summed E-state index contributed by atoms with van der Waals surface area (Å²) in [7, 11) is 0. The fraction of sp³-hybridized carbons (Fsp3) is 0.120. The summed E-state index contributed by atoms with van der Waals surface area (Å²) in [6.07, 6.45) is 1.80. The van der Waals surface area contributed by atoms with Gasteiger partial charge in [-0.25, -0.2) is 0 Å². The molecule has 1 aliphatic heterocycles. The number of hydrogen-bond donors (Lipinski definition) is 2. The normalized spacial score (nSPS) is 13.1. The van der Waals surface area contributed by atoms with Gasteiger partial charge in [0, 0.05) is 34.6 Å². The van der Waals surface area contributed by atoms with E-state index in [4.69, 9.17) is 9.47 Å². The molecule has 0 saturated heterocycles. The first-order valence-electron chi connectivity index (χ1n) is 10.1. The Morgan fingerprint density at radius 2 is 1.84 bits per heavy atom. The number of nitrogens with zero attached hydrogens (tertiary/aromatic N) is 1. The number of hydrogen-bond acceptors (Lipinski definition) is 5. The van der Waals surface area contributed by atoms with Crippen LogP contribution in [-0.4, -0.2) is 17.7 Å². The van der Waals surface area contributed by atoms with Crippen LogP contribution >= 0.6 is 0 Å². The number of aromatic nitrogens is 1. The van der Waals surface area contributed by atoms with Gasteiger partial charge in [-0.3, -0.25) is 9.78 Å². The van der Waals surface area contributed by atoms with Gasteiger partial charge in [-0.05, 0) is 55.0 Å². The van der Waals surface area contributed by atoms with Crippen molar-refractivity contribution in [1.29, 1.82) is 0 Å². The first-order valence-corrected chi connectivity index (χ1v) is 10.1. The molecule has 1 atom stereocenters. The van der Waals surface area contributed by atoms with Gasteiger partial charge in [0.05, 0.1) is 5.52 Å². The summed E-state index contributed by atoms with van der Waals surface area (Å²) in [6, 6.07) is 23.1. The van der Waals surface area contributed by atoms with Crippen molar-refractivity contribution in [2.24, 2.45) is 0 Å². The van der Waals surface area contributed by atoms with Crippen molar-refractivity contribution in [3.63, 3.8) is 0 Å². The summed E-state index contributed by atoms with van der Waals surface area (Å²) >= 11 is 0. The van der Waals surface area contributed by atoms with E-state index in [2.05, 4.69) is 28.6 Å². The van der Waals surface area contributed by atoms with E-state index in [-0.39, 0.29) is 18.7 Å². The second-order valence-corrected chi connectivity index (χ2v) is 7.39. The number of carbonyl (C=O) groups excluding carboxylic acids is 1. The smallest absolute Gasteiger partial charge is 0.255 e. The van der Waals surface area contributed by atoms with E-state index in [0.717, 1.165) is 27.8 Å². The summed E-state index contributed by atoms with van der Waals surface area (Å²) in [5.41, 5.74) is 4.28. The van der Waals surface area contributed by atoms with Crippen molar-refractivity contribution >= 4 is 28.2 Å². The summed E-state index contributed by atoms with van der Waals surface area (Å²) < 4.78 is 10.7. The molecule has 2 heterocycles. The fourth-order valence-electron chi connectivity index (χ4n) is 3.67. The van der Waals surface area contributed by atoms with Gasteiger partial charge in [0.25, 0.3) is 5.91 Å². The van der Waals surface area contributed by atoms with Crippen LogP contribution in [0.4, 0.5) is 11.4 Å². The molecule has 0 aliphatic carbocycles. The fourth-order valence-corrected chi connectivity index (χ4v) is 3.67. The molecule has 5 rings (SSSR count). The van der Waals surface area contributed by atoms with Crippen LogP contribution in [0, 0.1) is 0 Å². The van der Waals surface area contributed by atoms with Gasteiger partial charge in [-0.1, -0.05) is 30.3 Å². The third-order valence-electron chi connectivity index (χ3n) is 5.30. The van der Waals surface area contributed by atoms with Gasteiger partial charge < -0.3 is 20.1 Å². The minimum absolute atomic E-state index is 0.0354. The third kappa shape index (κ3) is 3.88. The molecule has 4 aromatic rings. The molecule has 0 radical (unpaired) electrons. The Morgan fingerprint density at radius 1 is 0.968 bits per heavy atom. The predicted octanol–water partition coefficient (Wildman–Crippen LogP) is 5.39. The number of para-hydroxylation sites is 1. The van der Waals surface area contributed by atoms with Gasteiger partial charge in [0.2, 0.25) is 6.79 Å². The van der Waals surface area contributed by atoms with Crippen molar-refractivity contribution < 1.29 is 14.3 Å². The highest BCUT2D eigenvalue weighted by Crippen LogP contribution is 2.33. The topological polar surface area (TPSA) is 72.5 Å². The number of nitrogens with one attached hydrogen (secondary N) is 2. The molecule has 154 valence electrons. The number of benzene rings is 3. The van der Waals surface area contributed by atoms with E-state index in [1.165, 1.54) is 0 Å². The minimum atomic E-state index is -0.198. The lowest BCUT2D eigenvalue weighted by atomic mass is 10.1. The number of rotatable bonds is 5. The monoisotopic (exact) mass is 411 g/mol. The Balaban J connectivity index is 1.33. The van der Waals surface area contributed by atoms with Crippen LogP contribution in [-0.2, 0) is 0 Å². The Bertz CT molecular complexity index is 1270. The van der Waals surface area contributed by atoms with Crippen LogP contribution in [0.15, 0.2) is 79.0 Å². The lowest BCUT2D eigenvalue weighted by Crippen LogP contribution is -2.13. The van der Waals surface area contributed by atoms with E-state index >= 15 is 0 Å². The molecule has 6 heteroatoms. The minimum Gasteiger partial charge on any atom is -0.454 e. The zero-order valence-electron chi connectivity index (χ0n) is 17.0. The van der Waals surface area contributed by atoms with Crippen LogP contribution in [0.25, 0.3) is 10.9 Å². The summed E-state index contributed by atoms with van der Waals surface area (Å²) in [5.74, 6) is 1.04. The average molecular weight is 411 g/mol. The van der Waals surface area contributed by atoms with Crippen molar-refractivity contribution in [2.45, 2.75) is 13.0 Å². The van der Waals surface area contributed by atoms with E-state index < -0.39 is 0 Å². The molecule has 2 N–H and O–H groups in total. The van der Waals surface area contributed by atoms with E-state index in [1.54, 1.807) is 24.4 Å². The quantitative estimate of drug-likeness (QED) is 0.461. The number of anilines is 2. The van der Waals surface area contributed by atoms with Crippen molar-refractivity contribution in [3.8, 4) is 11.5 Å². The highest BCUT2D eigenvalue weighted by Gasteiger charge is 2.16. The van der Waals surface area contributed by atoms with Crippen LogP contribution in [0.3, 0.4) is 0 Å². The molecule has 3 aromatic carbocycles. The number of carbonyl (C=O) groups is 1. The maximum atomic E-state index is 12.7. The maximum absolute atomic E-state index is 12.7. The first-order chi connectivity index (χ1) is 15.2. The van der Waals surface area contributed by atoms with E-state index in [1.807, 2.05) is 48.5 Å². The molecule has 1 amide bonds. The molecule has 6 nitrogen and oxygen atoms in total. The Kier molecular flexibility index (Phi) is 4.88. The Hall–Kier alpha value is -4.06. The second kappa shape index (κ2) is 7.99. The molecule has 31 heavy (non-hydrogen) atoms. The van der Waals surface area contributed by atoms with Crippen LogP contribution in [0.1, 0.15) is 28.9 Å².